The van der Waals surface area contributed by atoms with Crippen molar-refractivity contribution in [1.82, 2.24) is 59.3 Å². The summed E-state index contributed by atoms with van der Waals surface area (Å²) in [6.07, 6.45) is 9.55. The number of aromatic nitrogens is 6. The topological polar surface area (TPSA) is 279 Å². The van der Waals surface area contributed by atoms with Crippen LogP contribution in [0.4, 0.5) is 30.6 Å². The van der Waals surface area contributed by atoms with E-state index in [1.807, 2.05) is 101 Å². The summed E-state index contributed by atoms with van der Waals surface area (Å²) < 4.78 is 55.5. The molecule has 0 bridgehead atoms. The lowest BCUT2D eigenvalue weighted by molar-refractivity contribution is -0.131. The van der Waals surface area contributed by atoms with Gasteiger partial charge >= 0.3 is 6.01 Å². The highest BCUT2D eigenvalue weighted by molar-refractivity contribution is 6.33. The van der Waals surface area contributed by atoms with Gasteiger partial charge in [0.1, 0.15) is 52.3 Å². The second kappa shape index (κ2) is 38.8. The zero-order valence-electron chi connectivity index (χ0n) is 70.0. The number of amides is 6. The largest absolute Gasteiger partial charge is 0.512 e. The van der Waals surface area contributed by atoms with Crippen molar-refractivity contribution in [1.29, 1.82) is 0 Å². The van der Waals surface area contributed by atoms with Gasteiger partial charge in [0.2, 0.25) is 35.4 Å². The van der Waals surface area contributed by atoms with Crippen molar-refractivity contribution in [2.45, 2.75) is 116 Å². The van der Waals surface area contributed by atoms with Crippen molar-refractivity contribution in [2.24, 2.45) is 0 Å². The average Bonchev–Trinajstić information content (AvgIpc) is 0.752. The minimum Gasteiger partial charge on any atom is -0.512 e. The number of hydrogen-bond acceptors (Lipinski definition) is 19. The molecule has 3 N–H and O–H groups in total. The minimum atomic E-state index is -0.629. The quantitative estimate of drug-likeness (QED) is 0.0639. The lowest BCUT2D eigenvalue weighted by atomic mass is 9.82. The van der Waals surface area contributed by atoms with Gasteiger partial charge < -0.3 is 64.2 Å². The van der Waals surface area contributed by atoms with Crippen LogP contribution in [0.25, 0.3) is 32.7 Å². The smallest absolute Gasteiger partial charge is 0.319 e. The zero-order chi connectivity index (χ0) is 87.1. The molecule has 6 heterocycles. The van der Waals surface area contributed by atoms with E-state index in [-0.39, 0.29) is 120 Å². The van der Waals surface area contributed by atoms with Gasteiger partial charge in [-0.15, -0.1) is 0 Å². The van der Waals surface area contributed by atoms with Crippen LogP contribution in [0.5, 0.6) is 6.01 Å². The summed E-state index contributed by atoms with van der Waals surface area (Å²) in [5, 5.41) is 33.5. The monoisotopic (exact) mass is 1730 g/mol. The molecule has 0 spiro atoms. The number of benzene rings is 6. The van der Waals surface area contributed by atoms with Crippen molar-refractivity contribution >= 4 is 120 Å². The summed E-state index contributed by atoms with van der Waals surface area (Å²) in [6, 6.07) is 27.9. The Hall–Kier alpha value is -11.4. The van der Waals surface area contributed by atoms with Gasteiger partial charge in [-0.1, -0.05) is 121 Å². The second-order valence-corrected chi connectivity index (χ2v) is 33.1. The highest BCUT2D eigenvalue weighted by atomic mass is 35.5. The van der Waals surface area contributed by atoms with Crippen LogP contribution >= 0.6 is 34.8 Å². The maximum atomic E-state index is 16.6. The van der Waals surface area contributed by atoms with Gasteiger partial charge in [0, 0.05) is 251 Å². The van der Waals surface area contributed by atoms with Gasteiger partial charge in [0.05, 0.1) is 23.7 Å². The fourth-order valence-electron chi connectivity index (χ4n) is 16.6. The van der Waals surface area contributed by atoms with Crippen LogP contribution in [0.1, 0.15) is 145 Å². The SMILES string of the molecule is CC(=O)N1CCN(c2nc(CCCC(=O)N(C)C)nc3c(F)c([C@H]4C=C(O)Cc5ccccc54)c(Cl)cc23)CC1.CCC(=O)N1CCN(c2nc(CCCC(=O)N(C)C)nc3c(F)c([C@H]4C=C(O)Cc5ccccc54)c(Cl)cc23)CC1.CCC(=O)N1CCN(c2nc(OCCC(=O)N(C)C)nc3c(F)c([C@H]4C=C(O)Cc5ccccc54)c(Cl)cc23)CC1. The molecule has 15 rings (SSSR count). The lowest BCUT2D eigenvalue weighted by Crippen LogP contribution is -2.49. The molecule has 9 aromatic rings. The van der Waals surface area contributed by atoms with Gasteiger partial charge in [-0.3, -0.25) is 28.8 Å². The molecule has 122 heavy (non-hydrogen) atoms. The number of anilines is 3. The average molecular weight is 1730 g/mol. The first-order valence-corrected chi connectivity index (χ1v) is 42.4. The Kier molecular flexibility index (Phi) is 28.1. The number of carbonyl (C=O) groups is 6. The first-order valence-electron chi connectivity index (χ1n) is 41.3. The molecule has 0 radical (unpaired) electrons. The molecule has 3 atom stereocenters. The fourth-order valence-corrected chi connectivity index (χ4v) is 17.5. The van der Waals surface area contributed by atoms with E-state index in [1.54, 1.807) is 105 Å². The standard InChI is InChI=1S/C31H35ClFN5O3.C30H33ClFN5O4.C30H33ClFN5O3/c1-4-26(40)37-12-14-38(15-13-37)31-23-18-24(32)28(22-17-20(39)16-19-8-5-6-9-21(19)22)29(33)30(23)34-25(35-31)10-7-11-27(41)36(2)3;1-4-24(39)36-10-12-37(13-11-36)29-22-17-23(31)26(21-16-19(38)15-18-7-5-6-8-20(18)21)27(32)28(22)33-30(34-29)41-14-9-25(40)35(2)3;1-18(38)36-11-13-37(14-12-36)30-23-17-24(31)27(22-16-20(39)15-19-7-4-5-8-21(19)22)28(32)29(23)33-25(34-30)9-6-10-26(40)35(2)3/h5-6,8-9,17-18,22,39H,4,7,10-16H2,1-3H3;5-8,16-17,21,38H,4,9-15H2,1-3H3;4-5,7-8,16-17,22,39H,6,9-15H2,1-3H3/t22-;21-;22-/m000/s1. The van der Waals surface area contributed by atoms with Crippen LogP contribution in [0.2, 0.25) is 15.1 Å². The van der Waals surface area contributed by atoms with Crippen molar-refractivity contribution in [3.8, 4) is 6.01 Å². The van der Waals surface area contributed by atoms with E-state index in [9.17, 15) is 44.1 Å². The Balaban J connectivity index is 0.000000158. The Bertz CT molecular complexity index is 5390. The first-order chi connectivity index (χ1) is 58.5. The summed E-state index contributed by atoms with van der Waals surface area (Å²) in [4.78, 5) is 117. The highest BCUT2D eigenvalue weighted by Gasteiger charge is 2.36. The Morgan fingerprint density at radius 3 is 1.07 bits per heavy atom. The van der Waals surface area contributed by atoms with Crippen LogP contribution in [-0.4, -0.2) is 237 Å². The van der Waals surface area contributed by atoms with Crippen LogP contribution in [-0.2, 0) is 60.9 Å². The fraction of sp³-hybridized carbons (Fsp3) is 0.407. The molecule has 6 amide bonds. The maximum absolute atomic E-state index is 16.6. The van der Waals surface area contributed by atoms with Gasteiger partial charge in [-0.05, 0) is 82.6 Å². The third-order valence-corrected chi connectivity index (χ3v) is 24.1. The third kappa shape index (κ3) is 19.6. The minimum absolute atomic E-state index is 0.00387. The molecule has 3 aromatic heterocycles. The number of halogens is 6. The molecule has 3 aliphatic heterocycles. The number of piperazine rings is 3. The zero-order valence-corrected chi connectivity index (χ0v) is 72.2. The van der Waals surface area contributed by atoms with E-state index in [2.05, 4.69) is 24.8 Å². The predicted molar refractivity (Wildman–Crippen MR) is 466 cm³/mol. The van der Waals surface area contributed by atoms with Gasteiger partial charge in [0.25, 0.3) is 0 Å². The molecular formula is C91H101Cl3F3N15O10. The molecule has 0 saturated carbocycles. The number of hydrogen-bond donors (Lipinski definition) is 3. The predicted octanol–water partition coefficient (Wildman–Crippen LogP) is 14.1. The summed E-state index contributed by atoms with van der Waals surface area (Å²) in [7, 11) is 10.2. The number of aliphatic hydroxyl groups excluding tert-OH is 3. The molecule has 6 aromatic carbocycles. The number of allylic oxidation sites excluding steroid dienone is 6. The van der Waals surface area contributed by atoms with Crippen molar-refractivity contribution in [3.63, 3.8) is 0 Å². The summed E-state index contributed by atoms with van der Waals surface area (Å²) in [5.41, 5.74) is 6.43. The number of aryl methyl sites for hydroxylation is 2. The van der Waals surface area contributed by atoms with Gasteiger partial charge in [-0.25, -0.2) is 33.1 Å². The lowest BCUT2D eigenvalue weighted by Gasteiger charge is -2.36. The van der Waals surface area contributed by atoms with Crippen molar-refractivity contribution in [3.05, 3.63) is 221 Å². The van der Waals surface area contributed by atoms with Gasteiger partial charge in [0.15, 0.2) is 17.5 Å². The summed E-state index contributed by atoms with van der Waals surface area (Å²) in [5.74, 6) is -0.450. The molecule has 31 heteroatoms. The first kappa shape index (κ1) is 88.4. The van der Waals surface area contributed by atoms with Crippen molar-refractivity contribution < 1.29 is 62.0 Å². The van der Waals surface area contributed by atoms with E-state index in [0.29, 0.717) is 194 Å². The molecule has 0 unspecified atom stereocenters. The van der Waals surface area contributed by atoms with E-state index >= 15 is 13.2 Å². The van der Waals surface area contributed by atoms with E-state index in [1.165, 1.54) is 4.90 Å². The molecule has 6 aliphatic rings. The molecular weight excluding hydrogens is 1630 g/mol. The van der Waals surface area contributed by atoms with Crippen molar-refractivity contribution in [2.75, 3.05) is 142 Å². The highest BCUT2D eigenvalue weighted by Crippen LogP contribution is 2.47. The van der Waals surface area contributed by atoms with E-state index in [0.717, 1.165) is 33.4 Å². The van der Waals surface area contributed by atoms with E-state index in [4.69, 9.17) is 49.5 Å². The third-order valence-electron chi connectivity index (χ3n) is 23.2. The van der Waals surface area contributed by atoms with Crippen LogP contribution in [0.15, 0.2) is 127 Å². The normalized spacial score (nSPS) is 16.9. The number of ether oxygens (including phenoxy) is 1. The summed E-state index contributed by atoms with van der Waals surface area (Å²) in [6.45, 7) is 11.6. The van der Waals surface area contributed by atoms with E-state index < -0.39 is 35.2 Å². The summed E-state index contributed by atoms with van der Waals surface area (Å²) >= 11 is 20.4. The van der Waals surface area contributed by atoms with Gasteiger partial charge in [-0.2, -0.15) is 9.97 Å². The Labute approximate surface area is 722 Å². The van der Waals surface area contributed by atoms with Crippen LogP contribution in [0.3, 0.4) is 0 Å². The molecule has 3 fully saturated rings. The Morgan fingerprint density at radius 1 is 0.434 bits per heavy atom. The number of nitrogens with zero attached hydrogens (tertiary/aromatic N) is 15. The Morgan fingerprint density at radius 2 is 0.746 bits per heavy atom. The molecule has 3 aliphatic carbocycles. The molecule has 3 saturated heterocycles. The number of rotatable bonds is 20. The molecule has 25 nitrogen and oxygen atoms in total. The molecule has 642 valence electrons. The van der Waals surface area contributed by atoms with Crippen LogP contribution < -0.4 is 19.4 Å². The maximum Gasteiger partial charge on any atom is 0.319 e. The number of fused-ring (bicyclic) bond motifs is 6. The number of carbonyl (C=O) groups excluding carboxylic acids is 6. The van der Waals surface area contributed by atoms with Crippen LogP contribution in [0, 0.1) is 17.5 Å². The second-order valence-electron chi connectivity index (χ2n) is 31.8. The number of aliphatic hydroxyl groups is 3.